The lowest BCUT2D eigenvalue weighted by molar-refractivity contribution is -0.161. The number of aliphatic hydroxyl groups excluding tert-OH is 1. The van der Waals surface area contributed by atoms with E-state index >= 15 is 0 Å². The van der Waals surface area contributed by atoms with E-state index in [4.69, 9.17) is 37.0 Å². The number of esters is 4. The second kappa shape index (κ2) is 38.5. The number of ether oxygens (including phenoxy) is 4. The zero-order valence-corrected chi connectivity index (χ0v) is 39.4. The Kier molecular flexibility index (Phi) is 37.3. The molecule has 17 nitrogen and oxygen atoms in total. The van der Waals surface area contributed by atoms with Crippen LogP contribution in [0.15, 0.2) is 0 Å². The molecule has 5 atom stereocenters. The van der Waals surface area contributed by atoms with Crippen LogP contribution in [0.1, 0.15) is 188 Å². The van der Waals surface area contributed by atoms with Crippen molar-refractivity contribution in [3.05, 3.63) is 0 Å². The third-order valence-electron chi connectivity index (χ3n) is 9.35. The summed E-state index contributed by atoms with van der Waals surface area (Å²) in [5.41, 5.74) is 0. The van der Waals surface area contributed by atoms with Gasteiger partial charge in [0, 0.05) is 25.7 Å². The number of rotatable bonds is 43. The molecule has 0 aromatic rings. The van der Waals surface area contributed by atoms with Gasteiger partial charge in [0.25, 0.3) is 0 Å². The fourth-order valence-corrected chi connectivity index (χ4v) is 7.30. The molecule has 0 bridgehead atoms. The predicted octanol–water partition coefficient (Wildman–Crippen LogP) is 9.36. The Hall–Kier alpha value is -1.94. The van der Waals surface area contributed by atoms with Crippen molar-refractivity contribution in [3.63, 3.8) is 0 Å². The van der Waals surface area contributed by atoms with Crippen LogP contribution in [0.25, 0.3) is 0 Å². The fourth-order valence-electron chi connectivity index (χ4n) is 5.72. The van der Waals surface area contributed by atoms with Crippen LogP contribution in [-0.2, 0) is 65.4 Å². The van der Waals surface area contributed by atoms with Gasteiger partial charge in [-0.05, 0) is 25.7 Å². The predicted molar refractivity (Wildman–Crippen MR) is 229 cm³/mol. The van der Waals surface area contributed by atoms with E-state index in [1.54, 1.807) is 0 Å². The molecule has 61 heavy (non-hydrogen) atoms. The molecule has 0 heterocycles. The van der Waals surface area contributed by atoms with Gasteiger partial charge in [-0.2, -0.15) is 0 Å². The maximum atomic E-state index is 12.6. The van der Waals surface area contributed by atoms with Gasteiger partial charge in [0.15, 0.2) is 12.2 Å². The number of hydrogen-bond donors (Lipinski definition) is 3. The minimum Gasteiger partial charge on any atom is -0.462 e. The first-order valence-electron chi connectivity index (χ1n) is 22.8. The molecule has 0 saturated carbocycles. The van der Waals surface area contributed by atoms with Crippen molar-refractivity contribution in [2.75, 3.05) is 39.6 Å². The van der Waals surface area contributed by atoms with Crippen molar-refractivity contribution in [2.45, 2.75) is 207 Å². The Morgan fingerprint density at radius 1 is 0.393 bits per heavy atom. The third kappa shape index (κ3) is 38.3. The number of hydrogen-bond acceptors (Lipinski definition) is 15. The van der Waals surface area contributed by atoms with Crippen LogP contribution in [0.4, 0.5) is 0 Å². The highest BCUT2D eigenvalue weighted by atomic mass is 31.2. The highest BCUT2D eigenvalue weighted by molar-refractivity contribution is 7.47. The monoisotopic (exact) mass is 918 g/mol. The number of carbonyl (C=O) groups excluding carboxylic acids is 4. The maximum Gasteiger partial charge on any atom is 0.472 e. The van der Waals surface area contributed by atoms with Gasteiger partial charge in [-0.3, -0.25) is 37.3 Å². The molecule has 0 spiro atoms. The minimum atomic E-state index is -4.90. The molecule has 19 heteroatoms. The van der Waals surface area contributed by atoms with E-state index in [-0.39, 0.29) is 25.7 Å². The Balaban J connectivity index is 5.01. The molecule has 0 amide bonds. The smallest absolute Gasteiger partial charge is 0.462 e. The second-order valence-electron chi connectivity index (χ2n) is 15.4. The van der Waals surface area contributed by atoms with E-state index in [1.165, 1.54) is 32.1 Å². The molecule has 0 radical (unpaired) electrons. The first-order valence-corrected chi connectivity index (χ1v) is 25.8. The number of phosphoric ester groups is 2. The van der Waals surface area contributed by atoms with Crippen LogP contribution in [0.2, 0.25) is 0 Å². The Morgan fingerprint density at radius 2 is 0.672 bits per heavy atom. The van der Waals surface area contributed by atoms with E-state index < -0.39 is 97.5 Å². The maximum absolute atomic E-state index is 12.6. The van der Waals surface area contributed by atoms with Crippen molar-refractivity contribution in [2.24, 2.45) is 0 Å². The summed E-state index contributed by atoms with van der Waals surface area (Å²) in [4.78, 5) is 69.9. The van der Waals surface area contributed by atoms with Crippen LogP contribution >= 0.6 is 15.6 Å². The van der Waals surface area contributed by atoms with Crippen LogP contribution in [0.3, 0.4) is 0 Å². The van der Waals surface area contributed by atoms with Crippen LogP contribution in [0.5, 0.6) is 0 Å². The Bertz CT molecular complexity index is 1240. The Morgan fingerprint density at radius 3 is 1.03 bits per heavy atom. The van der Waals surface area contributed by atoms with Crippen LogP contribution in [-0.4, -0.2) is 96.7 Å². The van der Waals surface area contributed by atoms with Crippen molar-refractivity contribution in [1.29, 1.82) is 0 Å². The van der Waals surface area contributed by atoms with Crippen molar-refractivity contribution in [3.8, 4) is 0 Å². The summed E-state index contributed by atoms with van der Waals surface area (Å²) in [6, 6.07) is 0. The highest BCUT2D eigenvalue weighted by Crippen LogP contribution is 2.45. The minimum absolute atomic E-state index is 0.0980. The second-order valence-corrected chi connectivity index (χ2v) is 18.3. The molecule has 360 valence electrons. The summed E-state index contributed by atoms with van der Waals surface area (Å²) in [6.45, 7) is 4.22. The van der Waals surface area contributed by atoms with E-state index in [0.717, 1.165) is 77.0 Å². The lowest BCUT2D eigenvalue weighted by Crippen LogP contribution is -2.30. The summed E-state index contributed by atoms with van der Waals surface area (Å²) in [5, 5.41) is 10.3. The van der Waals surface area contributed by atoms with E-state index in [1.807, 2.05) is 13.8 Å². The third-order valence-corrected chi connectivity index (χ3v) is 11.3. The summed E-state index contributed by atoms with van der Waals surface area (Å²) < 4.78 is 66.0. The summed E-state index contributed by atoms with van der Waals surface area (Å²) in [5.74, 6) is -2.23. The zero-order chi connectivity index (χ0) is 45.6. The average Bonchev–Trinajstić information content (AvgIpc) is 3.22. The molecule has 0 aliphatic rings. The highest BCUT2D eigenvalue weighted by Gasteiger charge is 2.30. The molecule has 0 aliphatic heterocycles. The molecule has 0 rings (SSSR count). The molecular weight excluding hydrogens is 838 g/mol. The van der Waals surface area contributed by atoms with E-state index in [2.05, 4.69) is 13.8 Å². The van der Waals surface area contributed by atoms with Gasteiger partial charge >= 0.3 is 39.5 Å². The lowest BCUT2D eigenvalue weighted by atomic mass is 10.1. The topological polar surface area (TPSA) is 237 Å². The van der Waals surface area contributed by atoms with Crippen molar-refractivity contribution in [1.82, 2.24) is 0 Å². The molecule has 0 saturated heterocycles. The number of aliphatic hydroxyl groups is 1. The number of phosphoric acid groups is 2. The summed E-state index contributed by atoms with van der Waals surface area (Å²) >= 11 is 0. The van der Waals surface area contributed by atoms with Gasteiger partial charge in [-0.15, -0.1) is 0 Å². The number of unbranched alkanes of at least 4 members (excludes halogenated alkanes) is 17. The first kappa shape index (κ1) is 59.1. The first-order chi connectivity index (χ1) is 29.2. The molecule has 0 aromatic carbocycles. The largest absolute Gasteiger partial charge is 0.472 e. The van der Waals surface area contributed by atoms with Crippen molar-refractivity contribution < 1.29 is 80.2 Å². The van der Waals surface area contributed by atoms with Crippen LogP contribution < -0.4 is 0 Å². The summed E-state index contributed by atoms with van der Waals surface area (Å²) in [7, 11) is -9.80. The normalized spacial score (nSPS) is 14.9. The van der Waals surface area contributed by atoms with Gasteiger partial charge < -0.3 is 33.8 Å². The molecule has 3 N–H and O–H groups in total. The standard InChI is InChI=1S/C42H80O17P2/c1-5-9-13-16-17-18-19-20-22-25-29-42(47)58-37(32-52-39(44)26-12-8-4)34-56-60(48,49)54-30-36(43)31-55-61(50,51)57-35-38(33-53-40(45)27-23-15-11-7-3)59-41(46)28-24-21-14-10-6-2/h36-38,43H,5-35H2,1-4H3,(H,48,49)(H,50,51)/t36-,37-,38-/m1/s1. The SMILES string of the molecule is CCCCCCCCCCCCC(=O)O[C@H](COC(=O)CCCC)COP(=O)(O)OC[C@@H](O)COP(=O)(O)OC[C@@H](COC(=O)CCCCCC)OC(=O)CCCCCCC. The average molecular weight is 919 g/mol. The quantitative estimate of drug-likeness (QED) is 0.0223. The van der Waals surface area contributed by atoms with Crippen molar-refractivity contribution >= 4 is 39.5 Å². The molecule has 0 aliphatic carbocycles. The van der Waals surface area contributed by atoms with Gasteiger partial charge in [0.05, 0.1) is 26.4 Å². The van der Waals surface area contributed by atoms with Crippen LogP contribution in [0, 0.1) is 0 Å². The zero-order valence-electron chi connectivity index (χ0n) is 37.6. The molecule has 2 unspecified atom stereocenters. The fraction of sp³-hybridized carbons (Fsp3) is 0.905. The molecule has 0 fully saturated rings. The Labute approximate surface area is 365 Å². The van der Waals surface area contributed by atoms with E-state index in [0.29, 0.717) is 25.7 Å². The molecular formula is C42H80O17P2. The van der Waals surface area contributed by atoms with Gasteiger partial charge in [0.2, 0.25) is 0 Å². The lowest BCUT2D eigenvalue weighted by Gasteiger charge is -2.21. The van der Waals surface area contributed by atoms with Gasteiger partial charge in [0.1, 0.15) is 19.3 Å². The van der Waals surface area contributed by atoms with Gasteiger partial charge in [-0.25, -0.2) is 9.13 Å². The van der Waals surface area contributed by atoms with Gasteiger partial charge in [-0.1, -0.05) is 137 Å². The van der Waals surface area contributed by atoms with E-state index in [9.17, 15) is 43.2 Å². The molecule has 0 aromatic heterocycles. The number of carbonyl (C=O) groups is 4. The summed E-state index contributed by atoms with van der Waals surface area (Å²) in [6.07, 6.45) is 16.4.